The number of benzene rings is 2. The van der Waals surface area contributed by atoms with E-state index in [-0.39, 0.29) is 5.97 Å². The van der Waals surface area contributed by atoms with Crippen LogP contribution in [0.2, 0.25) is 0 Å². The topological polar surface area (TPSA) is 70.5 Å². The number of nitrogens with zero attached hydrogens (tertiary/aromatic N) is 2. The number of carbonyl (C=O) groups is 1. The van der Waals surface area contributed by atoms with E-state index in [1.807, 2.05) is 61.5 Å². The Kier molecular flexibility index (Phi) is 6.92. The van der Waals surface area contributed by atoms with E-state index in [0.717, 1.165) is 10.5 Å². The van der Waals surface area contributed by atoms with Crippen LogP contribution in [0, 0.1) is 6.92 Å². The first-order valence-electron chi connectivity index (χ1n) is 10.1. The fraction of sp³-hybridized carbons (Fsp3) is 0.208. The fourth-order valence-electron chi connectivity index (χ4n) is 3.15. The number of thioether (sulfide) groups is 1. The third kappa shape index (κ3) is 4.71. The summed E-state index contributed by atoms with van der Waals surface area (Å²) in [5.41, 5.74) is 0.746. The van der Waals surface area contributed by atoms with Crippen LogP contribution in [0.4, 0.5) is 0 Å². The van der Waals surface area contributed by atoms with Gasteiger partial charge < -0.3 is 14.2 Å². The maximum absolute atomic E-state index is 12.5. The molecule has 0 aliphatic heterocycles. The number of para-hydroxylation sites is 2. The van der Waals surface area contributed by atoms with Gasteiger partial charge in [-0.25, -0.2) is 9.78 Å². The lowest BCUT2D eigenvalue weighted by atomic mass is 10.2. The Morgan fingerprint density at radius 1 is 1.03 bits per heavy atom. The van der Waals surface area contributed by atoms with E-state index in [4.69, 9.17) is 24.2 Å². The highest BCUT2D eigenvalue weighted by Crippen LogP contribution is 2.39. The van der Waals surface area contributed by atoms with E-state index in [1.54, 1.807) is 25.8 Å². The van der Waals surface area contributed by atoms with Gasteiger partial charge in [-0.1, -0.05) is 30.3 Å². The summed E-state index contributed by atoms with van der Waals surface area (Å²) in [4.78, 5) is 24.2. The Bertz CT molecular complexity index is 1240. The van der Waals surface area contributed by atoms with E-state index < -0.39 is 0 Å². The molecule has 0 aliphatic carbocycles. The van der Waals surface area contributed by atoms with Crippen molar-refractivity contribution in [3.63, 3.8) is 0 Å². The van der Waals surface area contributed by atoms with Crippen molar-refractivity contribution < 1.29 is 19.0 Å². The summed E-state index contributed by atoms with van der Waals surface area (Å²) in [6.45, 7) is 3.96. The van der Waals surface area contributed by atoms with Crippen LogP contribution in [0.3, 0.4) is 0 Å². The molecule has 0 radical (unpaired) electrons. The van der Waals surface area contributed by atoms with Gasteiger partial charge in [-0.05, 0) is 43.7 Å². The Balaban J connectivity index is 1.77. The number of methoxy groups -OCH3 is 1. The SMILES string of the molecule is CCOC(=O)c1sc2nc(CSc3ccccc3)nc(Oc3ccccc3OC)c2c1C. The van der Waals surface area contributed by atoms with Gasteiger partial charge in [0.2, 0.25) is 5.88 Å². The maximum atomic E-state index is 12.5. The predicted molar refractivity (Wildman–Crippen MR) is 127 cm³/mol. The van der Waals surface area contributed by atoms with Gasteiger partial charge in [-0.2, -0.15) is 4.98 Å². The average Bonchev–Trinajstić information content (AvgIpc) is 3.15. The van der Waals surface area contributed by atoms with Crippen LogP contribution >= 0.6 is 23.1 Å². The molecular formula is C24H22N2O4S2. The molecule has 4 rings (SSSR count). The van der Waals surface area contributed by atoms with Crippen molar-refractivity contribution in [3.05, 3.63) is 70.9 Å². The Morgan fingerprint density at radius 2 is 1.75 bits per heavy atom. The van der Waals surface area contributed by atoms with Gasteiger partial charge in [0.05, 0.1) is 24.9 Å². The zero-order valence-electron chi connectivity index (χ0n) is 18.0. The molecule has 32 heavy (non-hydrogen) atoms. The van der Waals surface area contributed by atoms with Gasteiger partial charge in [0.1, 0.15) is 15.5 Å². The molecule has 0 unspecified atom stereocenters. The summed E-state index contributed by atoms with van der Waals surface area (Å²) in [6.07, 6.45) is 0. The number of fused-ring (bicyclic) bond motifs is 1. The van der Waals surface area contributed by atoms with Crippen LogP contribution in [-0.4, -0.2) is 29.7 Å². The van der Waals surface area contributed by atoms with Crippen molar-refractivity contribution in [2.24, 2.45) is 0 Å². The zero-order valence-corrected chi connectivity index (χ0v) is 19.6. The van der Waals surface area contributed by atoms with Gasteiger partial charge in [-0.15, -0.1) is 23.1 Å². The first-order chi connectivity index (χ1) is 15.6. The molecule has 0 N–H and O–H groups in total. The molecular weight excluding hydrogens is 444 g/mol. The zero-order chi connectivity index (χ0) is 22.5. The lowest BCUT2D eigenvalue weighted by Gasteiger charge is -2.11. The number of esters is 1. The monoisotopic (exact) mass is 466 g/mol. The van der Waals surface area contributed by atoms with Crippen LogP contribution in [0.15, 0.2) is 59.5 Å². The van der Waals surface area contributed by atoms with E-state index in [9.17, 15) is 4.79 Å². The highest BCUT2D eigenvalue weighted by Gasteiger charge is 2.23. The van der Waals surface area contributed by atoms with Crippen molar-refractivity contribution in [2.75, 3.05) is 13.7 Å². The second-order valence-electron chi connectivity index (χ2n) is 6.76. The summed E-state index contributed by atoms with van der Waals surface area (Å²) in [5.74, 6) is 2.35. The number of rotatable bonds is 8. The van der Waals surface area contributed by atoms with Crippen molar-refractivity contribution in [2.45, 2.75) is 24.5 Å². The van der Waals surface area contributed by atoms with E-state index in [0.29, 0.717) is 50.7 Å². The largest absolute Gasteiger partial charge is 0.493 e. The summed E-state index contributed by atoms with van der Waals surface area (Å²) in [7, 11) is 1.59. The van der Waals surface area contributed by atoms with E-state index in [2.05, 4.69) is 0 Å². The lowest BCUT2D eigenvalue weighted by Crippen LogP contribution is -2.03. The average molecular weight is 467 g/mol. The third-order valence-electron chi connectivity index (χ3n) is 4.65. The molecule has 0 saturated heterocycles. The lowest BCUT2D eigenvalue weighted by molar-refractivity contribution is 0.0531. The highest BCUT2D eigenvalue weighted by atomic mass is 32.2. The van der Waals surface area contributed by atoms with Crippen LogP contribution < -0.4 is 9.47 Å². The number of aryl methyl sites for hydroxylation is 1. The fourth-order valence-corrected chi connectivity index (χ4v) is 5.00. The molecule has 4 aromatic rings. The molecule has 2 heterocycles. The molecule has 0 fully saturated rings. The summed E-state index contributed by atoms with van der Waals surface area (Å²) in [6, 6.07) is 17.5. The van der Waals surface area contributed by atoms with Gasteiger partial charge in [0.15, 0.2) is 11.5 Å². The minimum atomic E-state index is -0.364. The molecule has 6 nitrogen and oxygen atoms in total. The van der Waals surface area contributed by atoms with Crippen molar-refractivity contribution in [1.82, 2.24) is 9.97 Å². The first-order valence-corrected chi connectivity index (χ1v) is 11.9. The number of hydrogen-bond acceptors (Lipinski definition) is 8. The molecule has 164 valence electrons. The van der Waals surface area contributed by atoms with E-state index in [1.165, 1.54) is 11.3 Å². The van der Waals surface area contributed by atoms with E-state index >= 15 is 0 Å². The third-order valence-corrected chi connectivity index (χ3v) is 6.82. The molecule has 8 heteroatoms. The Hall–Kier alpha value is -3.10. The first kappa shape index (κ1) is 22.1. The number of hydrogen-bond donors (Lipinski definition) is 0. The molecule has 2 aromatic carbocycles. The Morgan fingerprint density at radius 3 is 2.47 bits per heavy atom. The van der Waals surface area contributed by atoms with Crippen LogP contribution in [0.1, 0.15) is 28.0 Å². The Labute approximate surface area is 194 Å². The molecule has 2 aromatic heterocycles. The minimum absolute atomic E-state index is 0.307. The van der Waals surface area contributed by atoms with Crippen LogP contribution in [0.5, 0.6) is 17.4 Å². The summed E-state index contributed by atoms with van der Waals surface area (Å²) >= 11 is 2.93. The molecule has 0 atom stereocenters. The normalized spacial score (nSPS) is 10.8. The van der Waals surface area contributed by atoms with Gasteiger partial charge >= 0.3 is 5.97 Å². The standard InChI is InChI=1S/C24H22N2O4S2/c1-4-29-24(27)21-15(2)20-22(30-18-13-9-8-12-17(18)28-3)25-19(26-23(20)32-21)14-31-16-10-6-5-7-11-16/h5-13H,4,14H2,1-3H3. The maximum Gasteiger partial charge on any atom is 0.348 e. The van der Waals surface area contributed by atoms with Gasteiger partial charge in [0, 0.05) is 4.90 Å². The molecule has 0 aliphatic rings. The van der Waals surface area contributed by atoms with Crippen LogP contribution in [-0.2, 0) is 10.5 Å². The van der Waals surface area contributed by atoms with Gasteiger partial charge in [0.25, 0.3) is 0 Å². The smallest absolute Gasteiger partial charge is 0.348 e. The van der Waals surface area contributed by atoms with Gasteiger partial charge in [-0.3, -0.25) is 0 Å². The van der Waals surface area contributed by atoms with Crippen molar-refractivity contribution >= 4 is 39.3 Å². The molecule has 0 amide bonds. The molecule has 0 spiro atoms. The second kappa shape index (κ2) is 10.0. The summed E-state index contributed by atoms with van der Waals surface area (Å²) in [5, 5.41) is 0.706. The van der Waals surface area contributed by atoms with Crippen molar-refractivity contribution in [1.29, 1.82) is 0 Å². The van der Waals surface area contributed by atoms with Crippen LogP contribution in [0.25, 0.3) is 10.2 Å². The number of ether oxygens (including phenoxy) is 3. The predicted octanol–water partition coefficient (Wildman–Crippen LogP) is 6.27. The quantitative estimate of drug-likeness (QED) is 0.224. The number of carbonyl (C=O) groups excluding carboxylic acids is 1. The summed E-state index contributed by atoms with van der Waals surface area (Å²) < 4.78 is 16.9. The second-order valence-corrected chi connectivity index (χ2v) is 8.80. The molecule has 0 bridgehead atoms. The number of thiophene rings is 1. The molecule has 0 saturated carbocycles. The highest BCUT2D eigenvalue weighted by molar-refractivity contribution is 7.98. The minimum Gasteiger partial charge on any atom is -0.493 e. The number of aromatic nitrogens is 2. The van der Waals surface area contributed by atoms with Crippen molar-refractivity contribution in [3.8, 4) is 17.4 Å².